The van der Waals surface area contributed by atoms with Crippen molar-refractivity contribution in [2.75, 3.05) is 18.0 Å². The van der Waals surface area contributed by atoms with E-state index in [1.165, 1.54) is 25.7 Å². The van der Waals surface area contributed by atoms with Gasteiger partial charge in [0.05, 0.1) is 0 Å². The number of hydrogen-bond acceptors (Lipinski definition) is 4. The van der Waals surface area contributed by atoms with Gasteiger partial charge in [0.25, 0.3) is 5.78 Å². The third kappa shape index (κ3) is 2.37. The van der Waals surface area contributed by atoms with Gasteiger partial charge in [-0.1, -0.05) is 20.3 Å². The number of nitrogens with zero attached hydrogens (tertiary/aromatic N) is 5. The highest BCUT2D eigenvalue weighted by molar-refractivity contribution is 5.47. The zero-order chi connectivity index (χ0) is 14.2. The molecule has 1 unspecified atom stereocenters. The molecule has 1 aliphatic heterocycles. The molecule has 1 atom stereocenters. The summed E-state index contributed by atoms with van der Waals surface area (Å²) in [5, 5.41) is 4.33. The maximum Gasteiger partial charge on any atom is 0.254 e. The molecule has 3 heterocycles. The lowest BCUT2D eigenvalue weighted by molar-refractivity contribution is 0.238. The van der Waals surface area contributed by atoms with Crippen LogP contribution in [0.25, 0.3) is 5.78 Å². The highest BCUT2D eigenvalue weighted by Crippen LogP contribution is 2.35. The summed E-state index contributed by atoms with van der Waals surface area (Å²) in [6.07, 6.45) is 6.68. The van der Waals surface area contributed by atoms with E-state index in [0.29, 0.717) is 11.2 Å². The first-order valence-electron chi connectivity index (χ1n) is 7.54. The Balaban J connectivity index is 1.96. The first-order chi connectivity index (χ1) is 9.61. The molecule has 5 heteroatoms. The number of rotatable bonds is 3. The van der Waals surface area contributed by atoms with Gasteiger partial charge in [0.15, 0.2) is 0 Å². The maximum atomic E-state index is 4.43. The fourth-order valence-corrected chi connectivity index (χ4v) is 3.46. The summed E-state index contributed by atoms with van der Waals surface area (Å²) in [4.78, 5) is 11.1. The lowest BCUT2D eigenvalue weighted by atomic mass is 9.78. The summed E-state index contributed by atoms with van der Waals surface area (Å²) >= 11 is 0. The molecule has 0 saturated carbocycles. The normalized spacial score (nSPS) is 23.4. The largest absolute Gasteiger partial charge is 0.356 e. The van der Waals surface area contributed by atoms with Gasteiger partial charge in [0, 0.05) is 24.8 Å². The molecule has 1 fully saturated rings. The van der Waals surface area contributed by atoms with Crippen molar-refractivity contribution in [1.29, 1.82) is 0 Å². The summed E-state index contributed by atoms with van der Waals surface area (Å²) in [6, 6.07) is 2.12. The summed E-state index contributed by atoms with van der Waals surface area (Å²) in [6.45, 7) is 8.90. The van der Waals surface area contributed by atoms with Crippen molar-refractivity contribution in [3.63, 3.8) is 0 Å². The number of hydrogen-bond donors (Lipinski definition) is 0. The molecule has 0 N–H and O–H groups in total. The fourth-order valence-electron chi connectivity index (χ4n) is 3.46. The van der Waals surface area contributed by atoms with E-state index in [9.17, 15) is 0 Å². The van der Waals surface area contributed by atoms with Crippen molar-refractivity contribution in [1.82, 2.24) is 19.6 Å². The van der Waals surface area contributed by atoms with Crippen LogP contribution in [0.2, 0.25) is 0 Å². The van der Waals surface area contributed by atoms with E-state index in [2.05, 4.69) is 39.9 Å². The molecule has 0 aliphatic carbocycles. The highest BCUT2D eigenvalue weighted by atomic mass is 15.4. The topological polar surface area (TPSA) is 46.3 Å². The quantitative estimate of drug-likeness (QED) is 0.862. The lowest BCUT2D eigenvalue weighted by Crippen LogP contribution is -2.42. The summed E-state index contributed by atoms with van der Waals surface area (Å²) in [5.41, 5.74) is 1.42. The van der Waals surface area contributed by atoms with Gasteiger partial charge in [-0.15, -0.1) is 0 Å². The van der Waals surface area contributed by atoms with Gasteiger partial charge in [0.1, 0.15) is 12.1 Å². The molecule has 1 aliphatic rings. The van der Waals surface area contributed by atoms with Crippen LogP contribution in [0.1, 0.15) is 45.2 Å². The van der Waals surface area contributed by atoms with Crippen LogP contribution in [0.5, 0.6) is 0 Å². The molecule has 0 radical (unpaired) electrons. The zero-order valence-corrected chi connectivity index (χ0v) is 12.6. The van der Waals surface area contributed by atoms with Gasteiger partial charge in [-0.25, -0.2) is 4.98 Å². The Morgan fingerprint density at radius 3 is 3.05 bits per heavy atom. The SMILES string of the molecule is CCCC1(C)CCCN(c2cc(C)nc3ncnn23)C1. The first-order valence-corrected chi connectivity index (χ1v) is 7.54. The van der Waals surface area contributed by atoms with Gasteiger partial charge < -0.3 is 4.90 Å². The Kier molecular flexibility index (Phi) is 3.36. The molecular formula is C15H23N5. The van der Waals surface area contributed by atoms with Gasteiger partial charge in [-0.2, -0.15) is 14.6 Å². The molecule has 0 amide bonds. The molecule has 0 bridgehead atoms. The van der Waals surface area contributed by atoms with Crippen LogP contribution in [-0.4, -0.2) is 32.7 Å². The maximum absolute atomic E-state index is 4.43. The van der Waals surface area contributed by atoms with Crippen LogP contribution in [0.4, 0.5) is 5.82 Å². The molecule has 108 valence electrons. The molecule has 5 nitrogen and oxygen atoms in total. The van der Waals surface area contributed by atoms with Gasteiger partial charge in [-0.05, 0) is 31.6 Å². The van der Waals surface area contributed by atoms with Crippen molar-refractivity contribution in [2.24, 2.45) is 5.41 Å². The Bertz CT molecular complexity index is 601. The molecule has 1 saturated heterocycles. The van der Waals surface area contributed by atoms with Gasteiger partial charge in [-0.3, -0.25) is 0 Å². The molecule has 2 aromatic heterocycles. The van der Waals surface area contributed by atoms with Gasteiger partial charge in [0.2, 0.25) is 0 Å². The van der Waals surface area contributed by atoms with Crippen molar-refractivity contribution >= 4 is 11.6 Å². The Hall–Kier alpha value is -1.65. The predicted octanol–water partition coefficient (Wildman–Crippen LogP) is 2.84. The van der Waals surface area contributed by atoms with Crippen molar-refractivity contribution < 1.29 is 0 Å². The van der Waals surface area contributed by atoms with Crippen molar-refractivity contribution in [3.8, 4) is 0 Å². The average Bonchev–Trinajstić information content (AvgIpc) is 2.85. The first kappa shape index (κ1) is 13.3. The zero-order valence-electron chi connectivity index (χ0n) is 12.6. The third-order valence-electron chi connectivity index (χ3n) is 4.32. The van der Waals surface area contributed by atoms with Crippen molar-refractivity contribution in [3.05, 3.63) is 18.1 Å². The van der Waals surface area contributed by atoms with E-state index < -0.39 is 0 Å². The second-order valence-corrected chi connectivity index (χ2v) is 6.31. The molecule has 0 aromatic carbocycles. The minimum Gasteiger partial charge on any atom is -0.356 e. The Morgan fingerprint density at radius 1 is 1.40 bits per heavy atom. The van der Waals surface area contributed by atoms with E-state index in [1.54, 1.807) is 6.33 Å². The van der Waals surface area contributed by atoms with Crippen molar-refractivity contribution in [2.45, 2.75) is 46.5 Å². The van der Waals surface area contributed by atoms with Crippen LogP contribution in [-0.2, 0) is 0 Å². The second-order valence-electron chi connectivity index (χ2n) is 6.31. The predicted molar refractivity (Wildman–Crippen MR) is 80.0 cm³/mol. The minimum absolute atomic E-state index is 0.414. The van der Waals surface area contributed by atoms with Crippen LogP contribution < -0.4 is 4.90 Å². The van der Waals surface area contributed by atoms with Crippen LogP contribution in [0.3, 0.4) is 0 Å². The molecule has 3 rings (SSSR count). The number of anilines is 1. The summed E-state index contributed by atoms with van der Waals surface area (Å²) in [7, 11) is 0. The fraction of sp³-hybridized carbons (Fsp3) is 0.667. The van der Waals surface area contributed by atoms with E-state index in [1.807, 2.05) is 11.4 Å². The average molecular weight is 273 g/mol. The van der Waals surface area contributed by atoms with E-state index in [4.69, 9.17) is 0 Å². The smallest absolute Gasteiger partial charge is 0.254 e. The Labute approximate surface area is 120 Å². The second kappa shape index (κ2) is 5.04. The molecular weight excluding hydrogens is 250 g/mol. The lowest BCUT2D eigenvalue weighted by Gasteiger charge is -2.41. The monoisotopic (exact) mass is 273 g/mol. The summed E-state index contributed by atoms with van der Waals surface area (Å²) < 4.78 is 1.87. The molecule has 2 aromatic rings. The minimum atomic E-state index is 0.414. The number of aromatic nitrogens is 4. The highest BCUT2D eigenvalue weighted by Gasteiger charge is 2.31. The Morgan fingerprint density at radius 2 is 2.25 bits per heavy atom. The van der Waals surface area contributed by atoms with E-state index >= 15 is 0 Å². The number of piperidine rings is 1. The molecule has 20 heavy (non-hydrogen) atoms. The number of fused-ring (bicyclic) bond motifs is 1. The number of aryl methyl sites for hydroxylation is 1. The van der Waals surface area contributed by atoms with E-state index in [0.717, 1.165) is 24.6 Å². The summed E-state index contributed by atoms with van der Waals surface area (Å²) in [5.74, 6) is 1.83. The van der Waals surface area contributed by atoms with E-state index in [-0.39, 0.29) is 0 Å². The standard InChI is InChI=1S/C15H23N5/c1-4-6-15(3)7-5-8-19(10-15)13-9-12(2)18-14-16-11-17-20(13)14/h9,11H,4-8,10H2,1-3H3. The van der Waals surface area contributed by atoms with Crippen LogP contribution >= 0.6 is 0 Å². The third-order valence-corrected chi connectivity index (χ3v) is 4.32. The molecule has 0 spiro atoms. The van der Waals surface area contributed by atoms with Crippen LogP contribution in [0.15, 0.2) is 12.4 Å². The van der Waals surface area contributed by atoms with Gasteiger partial charge >= 0.3 is 0 Å². The van der Waals surface area contributed by atoms with Crippen LogP contribution in [0, 0.1) is 12.3 Å².